The van der Waals surface area contributed by atoms with E-state index in [1.807, 2.05) is 37.4 Å². The van der Waals surface area contributed by atoms with Crippen molar-refractivity contribution in [2.24, 2.45) is 0 Å². The molecular weight excluding hydrogens is 310 g/mol. The number of amides is 1. The lowest BCUT2D eigenvalue weighted by Gasteiger charge is -2.10. The van der Waals surface area contributed by atoms with Gasteiger partial charge in [0.2, 0.25) is 0 Å². The molecule has 118 valence electrons. The molecule has 1 aromatic carbocycles. The van der Waals surface area contributed by atoms with Crippen molar-refractivity contribution < 1.29 is 9.32 Å². The summed E-state index contributed by atoms with van der Waals surface area (Å²) in [7, 11) is 0. The Balaban J connectivity index is 1.63. The molecule has 0 saturated heterocycles. The molecule has 3 rings (SSSR count). The Hall–Kier alpha value is -2.47. The van der Waals surface area contributed by atoms with Crippen LogP contribution in [0.15, 0.2) is 46.4 Å². The van der Waals surface area contributed by atoms with Crippen LogP contribution in [0, 0.1) is 6.92 Å². The maximum Gasteiger partial charge on any atom is 0.251 e. The molecule has 0 bridgehead atoms. The summed E-state index contributed by atoms with van der Waals surface area (Å²) >= 11 is 1.58. The number of hydrogen-bond donors (Lipinski definition) is 1. The lowest BCUT2D eigenvalue weighted by Crippen LogP contribution is -2.27. The Morgan fingerprint density at radius 3 is 2.83 bits per heavy atom. The molecular formula is C17H17N3O2S. The van der Waals surface area contributed by atoms with Gasteiger partial charge < -0.3 is 9.84 Å². The topological polar surface area (TPSA) is 68.0 Å². The lowest BCUT2D eigenvalue weighted by molar-refractivity contribution is 0.0951. The Bertz CT molecular complexity index is 795. The van der Waals surface area contributed by atoms with E-state index in [-0.39, 0.29) is 11.8 Å². The van der Waals surface area contributed by atoms with Gasteiger partial charge in [0.05, 0.1) is 22.5 Å². The van der Waals surface area contributed by atoms with E-state index in [9.17, 15) is 4.79 Å². The summed E-state index contributed by atoms with van der Waals surface area (Å²) in [6.07, 6.45) is 1.68. The van der Waals surface area contributed by atoms with E-state index >= 15 is 0 Å². The number of carbonyl (C=O) groups excluding carboxylic acids is 1. The zero-order valence-electron chi connectivity index (χ0n) is 12.9. The van der Waals surface area contributed by atoms with Crippen molar-refractivity contribution in [1.29, 1.82) is 0 Å². The van der Waals surface area contributed by atoms with Crippen LogP contribution in [0.1, 0.15) is 34.0 Å². The van der Waals surface area contributed by atoms with E-state index in [1.165, 1.54) is 0 Å². The van der Waals surface area contributed by atoms with Gasteiger partial charge in [-0.3, -0.25) is 4.79 Å². The van der Waals surface area contributed by atoms with Crippen LogP contribution in [0.2, 0.25) is 0 Å². The van der Waals surface area contributed by atoms with Crippen molar-refractivity contribution in [3.05, 3.63) is 58.2 Å². The molecule has 5 nitrogen and oxygen atoms in total. The molecule has 1 N–H and O–H groups in total. The first-order chi connectivity index (χ1) is 11.1. The number of carbonyl (C=O) groups is 1. The number of nitrogens with one attached hydrogen (secondary N) is 1. The minimum Gasteiger partial charge on any atom is -0.361 e. The predicted molar refractivity (Wildman–Crippen MR) is 89.5 cm³/mol. The monoisotopic (exact) mass is 327 g/mol. The number of aryl methyl sites for hydroxylation is 1. The molecule has 6 heteroatoms. The number of aromatic nitrogens is 2. The summed E-state index contributed by atoms with van der Waals surface area (Å²) < 4.78 is 5.07. The predicted octanol–water partition coefficient (Wildman–Crippen LogP) is 3.64. The van der Waals surface area contributed by atoms with Gasteiger partial charge in [0, 0.05) is 23.4 Å². The van der Waals surface area contributed by atoms with E-state index in [0.717, 1.165) is 22.0 Å². The molecule has 0 aliphatic carbocycles. The number of thiazole rings is 1. The summed E-state index contributed by atoms with van der Waals surface area (Å²) in [6.45, 7) is 4.46. The van der Waals surface area contributed by atoms with E-state index in [4.69, 9.17) is 4.52 Å². The summed E-state index contributed by atoms with van der Waals surface area (Å²) in [5, 5.41) is 9.70. The molecule has 3 aromatic rings. The van der Waals surface area contributed by atoms with Gasteiger partial charge in [-0.05, 0) is 19.1 Å². The fourth-order valence-electron chi connectivity index (χ4n) is 2.21. The van der Waals surface area contributed by atoms with E-state index < -0.39 is 0 Å². The van der Waals surface area contributed by atoms with Crippen LogP contribution in [0.5, 0.6) is 0 Å². The lowest BCUT2D eigenvalue weighted by atomic mass is 10.1. The van der Waals surface area contributed by atoms with Crippen molar-refractivity contribution in [1.82, 2.24) is 15.5 Å². The van der Waals surface area contributed by atoms with Crippen LogP contribution in [0.3, 0.4) is 0 Å². The van der Waals surface area contributed by atoms with Crippen molar-refractivity contribution in [3.8, 4) is 11.3 Å². The van der Waals surface area contributed by atoms with E-state index in [1.54, 1.807) is 29.7 Å². The first-order valence-electron chi connectivity index (χ1n) is 7.35. The highest BCUT2D eigenvalue weighted by atomic mass is 32.1. The van der Waals surface area contributed by atoms with Crippen molar-refractivity contribution >= 4 is 17.2 Å². The van der Waals surface area contributed by atoms with Crippen LogP contribution < -0.4 is 5.32 Å². The fraction of sp³-hybridized carbons (Fsp3) is 0.235. The maximum atomic E-state index is 12.1. The average Bonchev–Trinajstić information content (AvgIpc) is 3.21. The molecule has 23 heavy (non-hydrogen) atoms. The average molecular weight is 327 g/mol. The SMILES string of the molecule is Cc1oncc1-c1csc([C@@H](C)CNC(=O)c2ccccc2)n1. The highest BCUT2D eigenvalue weighted by Crippen LogP contribution is 2.28. The van der Waals surface area contributed by atoms with Crippen LogP contribution >= 0.6 is 11.3 Å². The third kappa shape index (κ3) is 3.48. The smallest absolute Gasteiger partial charge is 0.251 e. The summed E-state index contributed by atoms with van der Waals surface area (Å²) in [5.74, 6) is 0.831. The second kappa shape index (κ2) is 6.75. The van der Waals surface area contributed by atoms with Crippen LogP contribution in [0.4, 0.5) is 0 Å². The molecule has 0 unspecified atom stereocenters. The number of benzene rings is 1. The summed E-state index contributed by atoms with van der Waals surface area (Å²) in [4.78, 5) is 16.7. The van der Waals surface area contributed by atoms with Gasteiger partial charge in [0.25, 0.3) is 5.91 Å². The molecule has 0 aliphatic heterocycles. The molecule has 0 fully saturated rings. The zero-order chi connectivity index (χ0) is 16.2. The van der Waals surface area contributed by atoms with Crippen LogP contribution in [-0.4, -0.2) is 22.6 Å². The largest absolute Gasteiger partial charge is 0.361 e. The zero-order valence-corrected chi connectivity index (χ0v) is 13.8. The van der Waals surface area contributed by atoms with Gasteiger partial charge in [-0.25, -0.2) is 4.98 Å². The normalized spacial score (nSPS) is 12.1. The highest BCUT2D eigenvalue weighted by Gasteiger charge is 2.15. The molecule has 0 spiro atoms. The summed E-state index contributed by atoms with van der Waals surface area (Å²) in [5.41, 5.74) is 2.44. The molecule has 0 aliphatic rings. The third-order valence-electron chi connectivity index (χ3n) is 3.57. The Morgan fingerprint density at radius 2 is 2.13 bits per heavy atom. The molecule has 2 aromatic heterocycles. The van der Waals surface area contributed by atoms with E-state index in [2.05, 4.69) is 15.5 Å². The van der Waals surface area contributed by atoms with Crippen LogP contribution in [0.25, 0.3) is 11.3 Å². The van der Waals surface area contributed by atoms with Gasteiger partial charge in [0.1, 0.15) is 5.76 Å². The minimum atomic E-state index is -0.0656. The molecule has 0 radical (unpaired) electrons. The highest BCUT2D eigenvalue weighted by molar-refractivity contribution is 7.10. The maximum absolute atomic E-state index is 12.1. The second-order valence-corrected chi connectivity index (χ2v) is 6.23. The second-order valence-electron chi connectivity index (χ2n) is 5.34. The minimum absolute atomic E-state index is 0.0656. The fourth-order valence-corrected chi connectivity index (χ4v) is 3.09. The Morgan fingerprint density at radius 1 is 1.35 bits per heavy atom. The third-order valence-corrected chi connectivity index (χ3v) is 4.65. The Kier molecular flexibility index (Phi) is 4.52. The van der Waals surface area contributed by atoms with Gasteiger partial charge in [-0.1, -0.05) is 30.3 Å². The summed E-state index contributed by atoms with van der Waals surface area (Å²) in [6, 6.07) is 9.20. The van der Waals surface area contributed by atoms with Crippen LogP contribution in [-0.2, 0) is 0 Å². The molecule has 2 heterocycles. The van der Waals surface area contributed by atoms with Crippen molar-refractivity contribution in [3.63, 3.8) is 0 Å². The van der Waals surface area contributed by atoms with Gasteiger partial charge in [-0.2, -0.15) is 0 Å². The molecule has 1 atom stereocenters. The number of hydrogen-bond acceptors (Lipinski definition) is 5. The van der Waals surface area contributed by atoms with Crippen molar-refractivity contribution in [2.75, 3.05) is 6.54 Å². The number of nitrogens with zero attached hydrogens (tertiary/aromatic N) is 2. The Labute approximate surface area is 138 Å². The van der Waals surface area contributed by atoms with E-state index in [0.29, 0.717) is 12.1 Å². The first-order valence-corrected chi connectivity index (χ1v) is 8.23. The van der Waals surface area contributed by atoms with Gasteiger partial charge in [-0.15, -0.1) is 11.3 Å². The standard InChI is InChI=1S/C17H17N3O2S/c1-11(8-18-16(21)13-6-4-3-5-7-13)17-20-15(10-23-17)14-9-19-22-12(14)2/h3-7,9-11H,8H2,1-2H3,(H,18,21)/t11-/m0/s1. The quantitative estimate of drug-likeness (QED) is 0.777. The molecule has 0 saturated carbocycles. The van der Waals surface area contributed by atoms with Gasteiger partial charge >= 0.3 is 0 Å². The van der Waals surface area contributed by atoms with Crippen molar-refractivity contribution in [2.45, 2.75) is 19.8 Å². The molecule has 1 amide bonds. The van der Waals surface area contributed by atoms with Gasteiger partial charge in [0.15, 0.2) is 0 Å². The first kappa shape index (κ1) is 15.4. The number of rotatable bonds is 5.